The van der Waals surface area contributed by atoms with Crippen molar-refractivity contribution in [1.29, 1.82) is 0 Å². The number of nitrogens with zero attached hydrogens (tertiary/aromatic N) is 4. The van der Waals surface area contributed by atoms with Crippen molar-refractivity contribution >= 4 is 5.84 Å². The lowest BCUT2D eigenvalue weighted by Gasteiger charge is -2.10. The molecule has 2 aromatic heterocycles. The zero-order valence-electron chi connectivity index (χ0n) is 15.2. The molecule has 0 bridgehead atoms. The van der Waals surface area contributed by atoms with Crippen molar-refractivity contribution in [3.05, 3.63) is 66.9 Å². The Morgan fingerprint density at radius 2 is 2.18 bits per heavy atom. The first-order valence-electron chi connectivity index (χ1n) is 9.10. The Hall–Kier alpha value is -3.23. The summed E-state index contributed by atoms with van der Waals surface area (Å²) in [7, 11) is 0. The Labute approximate surface area is 162 Å². The van der Waals surface area contributed by atoms with Gasteiger partial charge in [0.15, 0.2) is 5.84 Å². The molecular formula is C20H21N5O3. The number of hydroxylamine groups is 1. The highest BCUT2D eigenvalue weighted by molar-refractivity contribution is 5.97. The van der Waals surface area contributed by atoms with Crippen molar-refractivity contribution in [2.75, 3.05) is 13.2 Å². The molecule has 28 heavy (non-hydrogen) atoms. The van der Waals surface area contributed by atoms with Crippen LogP contribution < -0.4 is 10.2 Å². The third-order valence-electron chi connectivity index (χ3n) is 4.45. The Balaban J connectivity index is 1.40. The van der Waals surface area contributed by atoms with Gasteiger partial charge in [0.25, 0.3) is 0 Å². The topological polar surface area (TPSA) is 93.8 Å². The number of rotatable bonds is 6. The van der Waals surface area contributed by atoms with Crippen LogP contribution in [0.15, 0.2) is 66.3 Å². The molecule has 0 aliphatic carbocycles. The Morgan fingerprint density at radius 3 is 2.82 bits per heavy atom. The van der Waals surface area contributed by atoms with E-state index in [4.69, 9.17) is 9.47 Å². The molecule has 1 aliphatic rings. The summed E-state index contributed by atoms with van der Waals surface area (Å²) in [4.78, 5) is 12.7. The second-order valence-corrected chi connectivity index (χ2v) is 6.39. The lowest BCUT2D eigenvalue weighted by Crippen LogP contribution is -2.23. The van der Waals surface area contributed by atoms with E-state index in [0.29, 0.717) is 29.6 Å². The van der Waals surface area contributed by atoms with Crippen LogP contribution in [0.5, 0.6) is 11.6 Å². The average Bonchev–Trinajstić information content (AvgIpc) is 3.44. The first-order valence-corrected chi connectivity index (χ1v) is 9.10. The van der Waals surface area contributed by atoms with Crippen molar-refractivity contribution in [1.82, 2.24) is 20.0 Å². The largest absolute Gasteiger partial charge is 0.439 e. The molecular weight excluding hydrogens is 358 g/mol. The van der Waals surface area contributed by atoms with Crippen molar-refractivity contribution in [2.45, 2.75) is 18.9 Å². The number of imidazole rings is 1. The molecule has 1 unspecified atom stereocenters. The summed E-state index contributed by atoms with van der Waals surface area (Å²) in [5.74, 6) is 1.49. The van der Waals surface area contributed by atoms with Gasteiger partial charge in [-0.15, -0.1) is 0 Å². The minimum Gasteiger partial charge on any atom is -0.439 e. The molecule has 1 fully saturated rings. The molecule has 0 amide bonds. The van der Waals surface area contributed by atoms with Gasteiger partial charge in [-0.2, -0.15) is 0 Å². The zero-order valence-corrected chi connectivity index (χ0v) is 15.2. The highest BCUT2D eigenvalue weighted by Crippen LogP contribution is 2.21. The van der Waals surface area contributed by atoms with Crippen LogP contribution in [0.2, 0.25) is 0 Å². The van der Waals surface area contributed by atoms with Crippen molar-refractivity contribution in [3.8, 4) is 17.3 Å². The molecule has 0 spiro atoms. The average molecular weight is 379 g/mol. The van der Waals surface area contributed by atoms with Gasteiger partial charge in [-0.25, -0.2) is 9.97 Å². The molecule has 3 heterocycles. The smallest absolute Gasteiger partial charge is 0.219 e. The van der Waals surface area contributed by atoms with Crippen LogP contribution in [0, 0.1) is 0 Å². The molecule has 3 aromatic rings. The molecule has 8 nitrogen and oxygen atoms in total. The second-order valence-electron chi connectivity index (χ2n) is 6.39. The van der Waals surface area contributed by atoms with Crippen LogP contribution in [0.1, 0.15) is 18.4 Å². The summed E-state index contributed by atoms with van der Waals surface area (Å²) >= 11 is 0. The highest BCUT2D eigenvalue weighted by atomic mass is 16.5. The SMILES string of the molecule is ONC(=NCC1CCCO1)c1ccc(Oc2ccc(-n3ccnc3)cc2)nc1. The molecule has 4 rings (SSSR count). The Morgan fingerprint density at radius 1 is 1.29 bits per heavy atom. The summed E-state index contributed by atoms with van der Waals surface area (Å²) in [5.41, 5.74) is 3.80. The summed E-state index contributed by atoms with van der Waals surface area (Å²) in [6.07, 6.45) is 9.12. The minimum absolute atomic E-state index is 0.115. The number of aliphatic imine (C=N–C) groups is 1. The highest BCUT2D eigenvalue weighted by Gasteiger charge is 2.15. The van der Waals surface area contributed by atoms with E-state index in [-0.39, 0.29) is 6.10 Å². The molecule has 0 radical (unpaired) electrons. The molecule has 2 N–H and O–H groups in total. The van der Waals surface area contributed by atoms with Gasteiger partial charge in [0.2, 0.25) is 5.88 Å². The molecule has 0 saturated carbocycles. The molecule has 1 aliphatic heterocycles. The Bertz CT molecular complexity index is 902. The number of ether oxygens (including phenoxy) is 2. The molecule has 1 atom stereocenters. The van der Waals surface area contributed by atoms with E-state index in [9.17, 15) is 5.21 Å². The lowest BCUT2D eigenvalue weighted by molar-refractivity contribution is 0.117. The van der Waals surface area contributed by atoms with Gasteiger partial charge in [0.1, 0.15) is 5.75 Å². The van der Waals surface area contributed by atoms with E-state index in [2.05, 4.69) is 20.4 Å². The standard InChI is InChI=1S/C20H21N5O3/c26-24-20(23-13-18-2-1-11-27-18)15-3-8-19(22-12-15)28-17-6-4-16(5-7-17)25-10-9-21-14-25/h3-10,12,14,18,26H,1-2,11,13H2,(H,23,24). The number of hydrogen-bond donors (Lipinski definition) is 2. The van der Waals surface area contributed by atoms with E-state index < -0.39 is 0 Å². The molecule has 144 valence electrons. The van der Waals surface area contributed by atoms with Gasteiger partial charge in [-0.1, -0.05) is 0 Å². The predicted molar refractivity (Wildman–Crippen MR) is 103 cm³/mol. The van der Waals surface area contributed by atoms with E-state index in [1.807, 2.05) is 35.0 Å². The molecule has 8 heteroatoms. The van der Waals surface area contributed by atoms with Crippen molar-refractivity contribution in [2.24, 2.45) is 4.99 Å². The first-order chi connectivity index (χ1) is 13.8. The van der Waals surface area contributed by atoms with Crippen LogP contribution in [-0.2, 0) is 4.74 Å². The van der Waals surface area contributed by atoms with E-state index in [1.165, 1.54) is 0 Å². The van der Waals surface area contributed by atoms with Gasteiger partial charge in [-0.05, 0) is 43.2 Å². The maximum atomic E-state index is 9.38. The van der Waals surface area contributed by atoms with Crippen LogP contribution in [0.3, 0.4) is 0 Å². The van der Waals surface area contributed by atoms with Crippen LogP contribution in [0.25, 0.3) is 5.69 Å². The van der Waals surface area contributed by atoms with Gasteiger partial charge < -0.3 is 14.0 Å². The maximum absolute atomic E-state index is 9.38. The van der Waals surface area contributed by atoms with E-state index in [1.54, 1.807) is 30.9 Å². The quantitative estimate of drug-likeness (QED) is 0.389. The third kappa shape index (κ3) is 4.36. The van der Waals surface area contributed by atoms with Gasteiger partial charge in [-0.3, -0.25) is 15.7 Å². The third-order valence-corrected chi connectivity index (χ3v) is 4.45. The summed E-state index contributed by atoms with van der Waals surface area (Å²) in [6, 6.07) is 11.1. The number of hydrogen-bond acceptors (Lipinski definition) is 6. The first kappa shape index (κ1) is 18.1. The normalized spacial score (nSPS) is 16.9. The van der Waals surface area contributed by atoms with Crippen LogP contribution >= 0.6 is 0 Å². The van der Waals surface area contributed by atoms with E-state index in [0.717, 1.165) is 25.1 Å². The summed E-state index contributed by atoms with van der Waals surface area (Å²) < 4.78 is 13.2. The van der Waals surface area contributed by atoms with E-state index >= 15 is 0 Å². The zero-order chi connectivity index (χ0) is 19.2. The fraction of sp³-hybridized carbons (Fsp3) is 0.250. The minimum atomic E-state index is 0.115. The number of nitrogens with one attached hydrogen (secondary N) is 1. The molecule has 1 aromatic carbocycles. The van der Waals surface area contributed by atoms with Crippen molar-refractivity contribution in [3.63, 3.8) is 0 Å². The molecule has 1 saturated heterocycles. The monoisotopic (exact) mass is 379 g/mol. The number of aromatic nitrogens is 3. The maximum Gasteiger partial charge on any atom is 0.219 e. The van der Waals surface area contributed by atoms with Crippen LogP contribution in [0.4, 0.5) is 0 Å². The van der Waals surface area contributed by atoms with Gasteiger partial charge >= 0.3 is 0 Å². The van der Waals surface area contributed by atoms with Gasteiger partial charge in [0.05, 0.1) is 19.0 Å². The van der Waals surface area contributed by atoms with Gasteiger partial charge in [0, 0.05) is 42.5 Å². The number of pyridine rings is 1. The van der Waals surface area contributed by atoms with Crippen LogP contribution in [-0.4, -0.2) is 44.8 Å². The second kappa shape index (κ2) is 8.64. The van der Waals surface area contributed by atoms with Crippen molar-refractivity contribution < 1.29 is 14.7 Å². The fourth-order valence-electron chi connectivity index (χ4n) is 2.97. The lowest BCUT2D eigenvalue weighted by atomic mass is 10.2. The number of amidine groups is 1. The number of benzene rings is 1. The summed E-state index contributed by atoms with van der Waals surface area (Å²) in [6.45, 7) is 1.28. The fourth-order valence-corrected chi connectivity index (χ4v) is 2.97. The Kier molecular flexibility index (Phi) is 5.60. The predicted octanol–water partition coefficient (Wildman–Crippen LogP) is 2.96. The summed E-state index contributed by atoms with van der Waals surface area (Å²) in [5, 5.41) is 9.38.